The van der Waals surface area contributed by atoms with Gasteiger partial charge in [-0.2, -0.15) is 0 Å². The van der Waals surface area contributed by atoms with Gasteiger partial charge in [0, 0.05) is 31.6 Å². The van der Waals surface area contributed by atoms with Crippen LogP contribution in [-0.4, -0.2) is 48.6 Å². The van der Waals surface area contributed by atoms with Crippen molar-refractivity contribution in [3.05, 3.63) is 11.4 Å². The molecule has 5 heteroatoms. The Balaban J connectivity index is 3.02. The Bertz CT molecular complexity index is 403. The highest BCUT2D eigenvalue weighted by atomic mass is 15.2. The van der Waals surface area contributed by atoms with Crippen molar-refractivity contribution >= 4 is 11.6 Å². The van der Waals surface area contributed by atoms with Crippen molar-refractivity contribution < 1.29 is 0 Å². The second kappa shape index (κ2) is 7.28. The van der Waals surface area contributed by atoms with Gasteiger partial charge in [-0.05, 0) is 27.4 Å². The highest BCUT2D eigenvalue weighted by molar-refractivity contribution is 5.56. The molecule has 1 aromatic rings. The summed E-state index contributed by atoms with van der Waals surface area (Å²) in [6.07, 6.45) is 1.91. The fraction of sp³-hybridized carbons (Fsp3) is 0.714. The molecule has 2 N–H and O–H groups in total. The van der Waals surface area contributed by atoms with Crippen molar-refractivity contribution in [3.8, 4) is 0 Å². The van der Waals surface area contributed by atoms with Crippen LogP contribution in [0.4, 0.5) is 11.6 Å². The molecular weight excluding hydrogens is 238 g/mol. The van der Waals surface area contributed by atoms with E-state index in [0.29, 0.717) is 5.82 Å². The molecule has 0 unspecified atom stereocenters. The molecule has 1 heterocycles. The van der Waals surface area contributed by atoms with E-state index in [-0.39, 0.29) is 0 Å². The molecule has 0 aromatic carbocycles. The van der Waals surface area contributed by atoms with Gasteiger partial charge in [0.2, 0.25) is 0 Å². The third-order valence-electron chi connectivity index (χ3n) is 3.13. The molecule has 1 aromatic heterocycles. The van der Waals surface area contributed by atoms with Crippen molar-refractivity contribution in [2.24, 2.45) is 0 Å². The van der Waals surface area contributed by atoms with E-state index in [1.807, 2.05) is 6.92 Å². The molecule has 0 saturated carbocycles. The van der Waals surface area contributed by atoms with Crippen molar-refractivity contribution in [2.45, 2.75) is 33.6 Å². The van der Waals surface area contributed by atoms with Crippen LogP contribution in [0.25, 0.3) is 0 Å². The predicted octanol–water partition coefficient (Wildman–Crippen LogP) is 1.71. The molecule has 1 rings (SSSR count). The standard InChI is InChI=1S/C14H27N5/c1-6-8-19(10-9-18(4)5)14-11(3)13(15)16-12(7-2)17-14/h6-10H2,1-5H3,(H2,15,16,17). The number of aryl methyl sites for hydroxylation is 1. The Morgan fingerprint density at radius 3 is 2.26 bits per heavy atom. The van der Waals surface area contributed by atoms with Crippen LogP contribution >= 0.6 is 0 Å². The lowest BCUT2D eigenvalue weighted by Crippen LogP contribution is -2.34. The SMILES string of the molecule is CCCN(CCN(C)C)c1nc(CC)nc(N)c1C. The minimum Gasteiger partial charge on any atom is -0.383 e. The molecule has 0 amide bonds. The smallest absolute Gasteiger partial charge is 0.137 e. The van der Waals surface area contributed by atoms with Crippen molar-refractivity contribution in [2.75, 3.05) is 44.4 Å². The summed E-state index contributed by atoms with van der Waals surface area (Å²) >= 11 is 0. The van der Waals surface area contributed by atoms with Gasteiger partial charge in [-0.25, -0.2) is 9.97 Å². The quantitative estimate of drug-likeness (QED) is 0.813. The van der Waals surface area contributed by atoms with Crippen LogP contribution in [0.1, 0.15) is 31.7 Å². The minimum atomic E-state index is 0.604. The number of hydrogen-bond acceptors (Lipinski definition) is 5. The molecule has 0 spiro atoms. The van der Waals surface area contributed by atoms with Gasteiger partial charge in [0.1, 0.15) is 17.5 Å². The molecule has 0 radical (unpaired) electrons. The summed E-state index contributed by atoms with van der Waals surface area (Å²) in [5, 5.41) is 0. The van der Waals surface area contributed by atoms with Crippen LogP contribution in [0.15, 0.2) is 0 Å². The fourth-order valence-electron chi connectivity index (χ4n) is 1.95. The largest absolute Gasteiger partial charge is 0.383 e. The van der Waals surface area contributed by atoms with E-state index in [1.165, 1.54) is 0 Å². The molecule has 0 fully saturated rings. The number of nitrogen functional groups attached to an aromatic ring is 1. The maximum Gasteiger partial charge on any atom is 0.137 e. The number of anilines is 2. The van der Waals surface area contributed by atoms with Gasteiger partial charge in [0.25, 0.3) is 0 Å². The molecule has 5 nitrogen and oxygen atoms in total. The van der Waals surface area contributed by atoms with Gasteiger partial charge in [-0.3, -0.25) is 0 Å². The number of nitrogens with two attached hydrogens (primary N) is 1. The van der Waals surface area contributed by atoms with Crippen LogP contribution in [0.3, 0.4) is 0 Å². The van der Waals surface area contributed by atoms with E-state index >= 15 is 0 Å². The lowest BCUT2D eigenvalue weighted by atomic mass is 10.2. The van der Waals surface area contributed by atoms with E-state index in [1.54, 1.807) is 0 Å². The Morgan fingerprint density at radius 1 is 1.05 bits per heavy atom. The molecule has 0 saturated heterocycles. The zero-order valence-corrected chi connectivity index (χ0v) is 12.9. The van der Waals surface area contributed by atoms with Crippen molar-refractivity contribution in [3.63, 3.8) is 0 Å². The summed E-state index contributed by atoms with van der Waals surface area (Å²) in [6.45, 7) is 9.20. The Labute approximate surface area is 116 Å². The topological polar surface area (TPSA) is 58.3 Å². The summed E-state index contributed by atoms with van der Waals surface area (Å²) < 4.78 is 0. The van der Waals surface area contributed by atoms with Crippen molar-refractivity contribution in [1.82, 2.24) is 14.9 Å². The maximum absolute atomic E-state index is 6.00. The summed E-state index contributed by atoms with van der Waals surface area (Å²) in [7, 11) is 4.17. The van der Waals surface area contributed by atoms with Crippen LogP contribution in [-0.2, 0) is 6.42 Å². The van der Waals surface area contributed by atoms with Gasteiger partial charge < -0.3 is 15.5 Å². The normalized spacial score (nSPS) is 11.1. The van der Waals surface area contributed by atoms with Gasteiger partial charge in [-0.15, -0.1) is 0 Å². The fourth-order valence-corrected chi connectivity index (χ4v) is 1.95. The van der Waals surface area contributed by atoms with E-state index in [9.17, 15) is 0 Å². The first-order valence-corrected chi connectivity index (χ1v) is 7.02. The molecular formula is C14H27N5. The van der Waals surface area contributed by atoms with E-state index in [0.717, 1.165) is 49.7 Å². The van der Waals surface area contributed by atoms with Crippen LogP contribution < -0.4 is 10.6 Å². The third kappa shape index (κ3) is 4.35. The monoisotopic (exact) mass is 265 g/mol. The second-order valence-electron chi connectivity index (χ2n) is 5.12. The van der Waals surface area contributed by atoms with Crippen LogP contribution in [0, 0.1) is 6.92 Å². The first kappa shape index (κ1) is 15.7. The van der Waals surface area contributed by atoms with E-state index in [4.69, 9.17) is 5.73 Å². The first-order chi connectivity index (χ1) is 8.99. The number of rotatable bonds is 7. The van der Waals surface area contributed by atoms with Crippen LogP contribution in [0.5, 0.6) is 0 Å². The number of nitrogens with zero attached hydrogens (tertiary/aromatic N) is 4. The zero-order valence-electron chi connectivity index (χ0n) is 12.9. The Hall–Kier alpha value is -1.36. The Kier molecular flexibility index (Phi) is 6.02. The van der Waals surface area contributed by atoms with Gasteiger partial charge in [-0.1, -0.05) is 13.8 Å². The maximum atomic E-state index is 6.00. The number of aromatic nitrogens is 2. The minimum absolute atomic E-state index is 0.604. The highest BCUT2D eigenvalue weighted by Crippen LogP contribution is 2.22. The summed E-state index contributed by atoms with van der Waals surface area (Å²) in [4.78, 5) is 13.5. The molecule has 0 bridgehead atoms. The first-order valence-electron chi connectivity index (χ1n) is 7.02. The summed E-state index contributed by atoms with van der Waals surface area (Å²) in [5.41, 5.74) is 6.99. The van der Waals surface area contributed by atoms with Gasteiger partial charge >= 0.3 is 0 Å². The predicted molar refractivity (Wildman–Crippen MR) is 81.6 cm³/mol. The zero-order chi connectivity index (χ0) is 14.4. The van der Waals surface area contributed by atoms with Gasteiger partial charge in [0.05, 0.1) is 0 Å². The lowest BCUT2D eigenvalue weighted by Gasteiger charge is -2.27. The van der Waals surface area contributed by atoms with Gasteiger partial charge in [0.15, 0.2) is 0 Å². The molecule has 108 valence electrons. The number of hydrogen-bond donors (Lipinski definition) is 1. The average molecular weight is 265 g/mol. The molecule has 0 aliphatic heterocycles. The average Bonchev–Trinajstić information content (AvgIpc) is 2.37. The van der Waals surface area contributed by atoms with Crippen LogP contribution in [0.2, 0.25) is 0 Å². The highest BCUT2D eigenvalue weighted by Gasteiger charge is 2.14. The molecule has 19 heavy (non-hydrogen) atoms. The molecule has 0 aliphatic rings. The number of likely N-dealkylation sites (N-methyl/N-ethyl adjacent to an activating group) is 1. The molecule has 0 atom stereocenters. The van der Waals surface area contributed by atoms with Crippen molar-refractivity contribution in [1.29, 1.82) is 0 Å². The lowest BCUT2D eigenvalue weighted by molar-refractivity contribution is 0.412. The molecule has 0 aliphatic carbocycles. The van der Waals surface area contributed by atoms with E-state index < -0.39 is 0 Å². The summed E-state index contributed by atoms with van der Waals surface area (Å²) in [6, 6.07) is 0. The second-order valence-corrected chi connectivity index (χ2v) is 5.12. The Morgan fingerprint density at radius 2 is 1.74 bits per heavy atom. The third-order valence-corrected chi connectivity index (χ3v) is 3.13. The van der Waals surface area contributed by atoms with E-state index in [2.05, 4.69) is 47.7 Å². The summed E-state index contributed by atoms with van der Waals surface area (Å²) in [5.74, 6) is 2.42.